The number of hydrogen-bond acceptors (Lipinski definition) is 3. The highest BCUT2D eigenvalue weighted by Gasteiger charge is 2.11. The molecule has 3 heteroatoms. The van der Waals surface area contributed by atoms with Gasteiger partial charge in [-0.1, -0.05) is 32.1 Å². The molecule has 2 aromatic rings. The second kappa shape index (κ2) is 6.89. The molecule has 20 heavy (non-hydrogen) atoms. The van der Waals surface area contributed by atoms with Gasteiger partial charge in [0, 0.05) is 28.9 Å². The Morgan fingerprint density at radius 2 is 1.65 bits per heavy atom. The van der Waals surface area contributed by atoms with E-state index in [0.717, 1.165) is 5.01 Å². The Bertz CT molecular complexity index is 496. The zero-order valence-electron chi connectivity index (χ0n) is 11.8. The molecule has 0 saturated heterocycles. The van der Waals surface area contributed by atoms with Crippen LogP contribution in [-0.2, 0) is 0 Å². The Balaban J connectivity index is 1.62. The third-order valence-corrected chi connectivity index (χ3v) is 4.86. The molecule has 0 radical (unpaired) electrons. The van der Waals surface area contributed by atoms with Crippen LogP contribution in [0, 0.1) is 0 Å². The van der Waals surface area contributed by atoms with E-state index in [9.17, 15) is 0 Å². The van der Waals surface area contributed by atoms with E-state index in [2.05, 4.69) is 34.6 Å². The summed E-state index contributed by atoms with van der Waals surface area (Å²) in [4.78, 5) is 4.35. The number of aromatic nitrogens is 1. The van der Waals surface area contributed by atoms with Gasteiger partial charge in [-0.2, -0.15) is 0 Å². The zero-order chi connectivity index (χ0) is 13.6. The highest BCUT2D eigenvalue weighted by molar-refractivity contribution is 7.13. The molecule has 3 rings (SSSR count). The van der Waals surface area contributed by atoms with Crippen LogP contribution >= 0.6 is 11.3 Å². The summed E-state index contributed by atoms with van der Waals surface area (Å²) in [7, 11) is 0. The van der Waals surface area contributed by atoms with E-state index >= 15 is 0 Å². The molecule has 0 spiro atoms. The molecule has 0 aliphatic heterocycles. The molecule has 1 saturated carbocycles. The molecule has 0 bridgehead atoms. The van der Waals surface area contributed by atoms with Gasteiger partial charge in [-0.15, -0.1) is 11.3 Å². The van der Waals surface area contributed by atoms with Crippen molar-refractivity contribution in [2.45, 2.75) is 51.0 Å². The number of benzene rings is 1. The lowest BCUT2D eigenvalue weighted by atomic mass is 9.96. The van der Waals surface area contributed by atoms with Gasteiger partial charge in [0.25, 0.3) is 0 Å². The van der Waals surface area contributed by atoms with Crippen LogP contribution < -0.4 is 5.32 Å². The number of anilines is 1. The summed E-state index contributed by atoms with van der Waals surface area (Å²) in [6.45, 7) is 0. The molecule has 1 heterocycles. The predicted octanol–water partition coefficient (Wildman–Crippen LogP) is 5.33. The third kappa shape index (κ3) is 3.60. The quantitative estimate of drug-likeness (QED) is 0.824. The number of nitrogens with one attached hydrogen (secondary N) is 1. The van der Waals surface area contributed by atoms with Crippen LogP contribution in [0.4, 0.5) is 5.69 Å². The third-order valence-electron chi connectivity index (χ3n) is 4.04. The van der Waals surface area contributed by atoms with Crippen molar-refractivity contribution in [3.63, 3.8) is 0 Å². The first-order valence-corrected chi connectivity index (χ1v) is 8.56. The van der Waals surface area contributed by atoms with E-state index in [1.807, 2.05) is 11.6 Å². The number of rotatable bonds is 3. The van der Waals surface area contributed by atoms with Crippen LogP contribution in [0.2, 0.25) is 0 Å². The van der Waals surface area contributed by atoms with E-state index in [-0.39, 0.29) is 0 Å². The predicted molar refractivity (Wildman–Crippen MR) is 87.3 cm³/mol. The molecule has 1 aromatic heterocycles. The molecule has 1 fully saturated rings. The standard InChI is InChI=1S/C17H22N2S/c1-2-4-6-15(7-5-3-1)19-16-10-8-14(9-11-16)17-18-12-13-20-17/h8-13,15,19H,1-7H2. The average molecular weight is 286 g/mol. The van der Waals surface area contributed by atoms with E-state index in [1.54, 1.807) is 11.3 Å². The maximum absolute atomic E-state index is 4.35. The fourth-order valence-corrected chi connectivity index (χ4v) is 3.56. The average Bonchev–Trinajstić information content (AvgIpc) is 2.96. The van der Waals surface area contributed by atoms with E-state index < -0.39 is 0 Å². The van der Waals surface area contributed by atoms with Crippen LogP contribution in [0.15, 0.2) is 35.8 Å². The topological polar surface area (TPSA) is 24.9 Å². The maximum atomic E-state index is 4.35. The second-order valence-electron chi connectivity index (χ2n) is 5.60. The SMILES string of the molecule is c1csc(-c2ccc(NC3CCCCCCC3)cc2)n1. The summed E-state index contributed by atoms with van der Waals surface area (Å²) in [5.74, 6) is 0. The molecule has 0 amide bonds. The second-order valence-corrected chi connectivity index (χ2v) is 6.50. The van der Waals surface area contributed by atoms with Gasteiger partial charge >= 0.3 is 0 Å². The minimum atomic E-state index is 0.654. The van der Waals surface area contributed by atoms with Gasteiger partial charge in [-0.05, 0) is 37.1 Å². The van der Waals surface area contributed by atoms with Crippen LogP contribution in [0.3, 0.4) is 0 Å². The van der Waals surface area contributed by atoms with Gasteiger partial charge in [-0.3, -0.25) is 0 Å². The van der Waals surface area contributed by atoms with Crippen LogP contribution in [-0.4, -0.2) is 11.0 Å². The van der Waals surface area contributed by atoms with Gasteiger partial charge in [0.05, 0.1) is 0 Å². The summed E-state index contributed by atoms with van der Waals surface area (Å²) in [5, 5.41) is 6.83. The molecule has 0 unspecified atom stereocenters. The Kier molecular flexibility index (Phi) is 4.69. The van der Waals surface area contributed by atoms with E-state index in [0.29, 0.717) is 6.04 Å². The maximum Gasteiger partial charge on any atom is 0.123 e. The van der Waals surface area contributed by atoms with Crippen molar-refractivity contribution in [3.05, 3.63) is 35.8 Å². The number of thiazole rings is 1. The number of nitrogens with zero attached hydrogens (tertiary/aromatic N) is 1. The van der Waals surface area contributed by atoms with Crippen molar-refractivity contribution in [1.29, 1.82) is 0 Å². The first-order chi connectivity index (χ1) is 9.92. The van der Waals surface area contributed by atoms with Crippen LogP contribution in [0.1, 0.15) is 44.9 Å². The van der Waals surface area contributed by atoms with Gasteiger partial charge in [0.1, 0.15) is 5.01 Å². The lowest BCUT2D eigenvalue weighted by molar-refractivity contribution is 0.471. The number of hydrogen-bond donors (Lipinski definition) is 1. The van der Waals surface area contributed by atoms with Crippen molar-refractivity contribution in [1.82, 2.24) is 4.98 Å². The molecular weight excluding hydrogens is 264 g/mol. The molecule has 1 N–H and O–H groups in total. The Morgan fingerprint density at radius 3 is 2.30 bits per heavy atom. The van der Waals surface area contributed by atoms with Gasteiger partial charge in [0.15, 0.2) is 0 Å². The summed E-state index contributed by atoms with van der Waals surface area (Å²) in [6, 6.07) is 9.38. The molecule has 106 valence electrons. The monoisotopic (exact) mass is 286 g/mol. The highest BCUT2D eigenvalue weighted by Crippen LogP contribution is 2.25. The minimum absolute atomic E-state index is 0.654. The molecule has 1 aliphatic carbocycles. The molecule has 2 nitrogen and oxygen atoms in total. The van der Waals surface area contributed by atoms with Crippen molar-refractivity contribution in [2.75, 3.05) is 5.32 Å². The lowest BCUT2D eigenvalue weighted by Gasteiger charge is -2.22. The molecular formula is C17H22N2S. The van der Waals surface area contributed by atoms with Crippen molar-refractivity contribution in [3.8, 4) is 10.6 Å². The Labute approximate surface area is 125 Å². The summed E-state index contributed by atoms with van der Waals surface area (Å²) < 4.78 is 0. The highest BCUT2D eigenvalue weighted by atomic mass is 32.1. The van der Waals surface area contributed by atoms with Crippen molar-refractivity contribution >= 4 is 17.0 Å². The summed E-state index contributed by atoms with van der Waals surface area (Å²) in [6.07, 6.45) is 11.5. The Hall–Kier alpha value is -1.35. The lowest BCUT2D eigenvalue weighted by Crippen LogP contribution is -2.20. The van der Waals surface area contributed by atoms with E-state index in [4.69, 9.17) is 0 Å². The van der Waals surface area contributed by atoms with Gasteiger partial charge in [0.2, 0.25) is 0 Å². The fraction of sp³-hybridized carbons (Fsp3) is 0.471. The van der Waals surface area contributed by atoms with Gasteiger partial charge < -0.3 is 5.32 Å². The zero-order valence-corrected chi connectivity index (χ0v) is 12.7. The largest absolute Gasteiger partial charge is 0.382 e. The van der Waals surface area contributed by atoms with Crippen LogP contribution in [0.25, 0.3) is 10.6 Å². The van der Waals surface area contributed by atoms with E-state index in [1.165, 1.54) is 56.2 Å². The van der Waals surface area contributed by atoms with Crippen LogP contribution in [0.5, 0.6) is 0 Å². The summed E-state index contributed by atoms with van der Waals surface area (Å²) in [5.41, 5.74) is 2.46. The van der Waals surface area contributed by atoms with Gasteiger partial charge in [-0.25, -0.2) is 4.98 Å². The molecule has 0 atom stereocenters. The van der Waals surface area contributed by atoms with Crippen molar-refractivity contribution in [2.24, 2.45) is 0 Å². The Morgan fingerprint density at radius 1 is 0.950 bits per heavy atom. The molecule has 1 aliphatic rings. The van der Waals surface area contributed by atoms with Crippen molar-refractivity contribution < 1.29 is 0 Å². The summed E-state index contributed by atoms with van der Waals surface area (Å²) >= 11 is 1.69. The fourth-order valence-electron chi connectivity index (χ4n) is 2.91. The normalized spacial score (nSPS) is 17.4. The first-order valence-electron chi connectivity index (χ1n) is 7.68. The smallest absolute Gasteiger partial charge is 0.123 e. The minimum Gasteiger partial charge on any atom is -0.382 e. The first kappa shape index (κ1) is 13.6. The molecule has 1 aromatic carbocycles.